The van der Waals surface area contributed by atoms with Crippen LogP contribution in [0.3, 0.4) is 0 Å². The third-order valence-corrected chi connectivity index (χ3v) is 2.50. The molecule has 0 saturated heterocycles. The fraction of sp³-hybridized carbons (Fsp3) is 0.0588. The highest BCUT2D eigenvalue weighted by Crippen LogP contribution is 2.12. The highest BCUT2D eigenvalue weighted by molar-refractivity contribution is 5.79. The summed E-state index contributed by atoms with van der Waals surface area (Å²) in [4.78, 5) is 0. The molecule has 2 aromatic carbocycles. The summed E-state index contributed by atoms with van der Waals surface area (Å²) in [5, 5.41) is 9.05. The van der Waals surface area contributed by atoms with Crippen molar-refractivity contribution in [1.29, 1.82) is 0 Å². The van der Waals surface area contributed by atoms with Crippen LogP contribution in [0.1, 0.15) is 11.1 Å². The Morgan fingerprint density at radius 3 is 2.17 bits per heavy atom. The minimum absolute atomic E-state index is 0.00625. The predicted octanol–water partition coefficient (Wildman–Crippen LogP) is 3.11. The maximum absolute atomic E-state index is 9.05. The highest BCUT2D eigenvalue weighted by Gasteiger charge is 1.95. The molecular formula is C17H14O. The van der Waals surface area contributed by atoms with Gasteiger partial charge in [-0.2, -0.15) is 0 Å². The second-order valence-electron chi connectivity index (χ2n) is 3.78. The average Bonchev–Trinajstić information content (AvgIpc) is 2.45. The van der Waals surface area contributed by atoms with Crippen LogP contribution in [0.2, 0.25) is 0 Å². The largest absolute Gasteiger partial charge is 0.392 e. The van der Waals surface area contributed by atoms with E-state index in [2.05, 4.69) is 11.8 Å². The van der Waals surface area contributed by atoms with Gasteiger partial charge in [0.15, 0.2) is 0 Å². The Morgan fingerprint density at radius 1 is 0.944 bits per heavy atom. The van der Waals surface area contributed by atoms with Crippen LogP contribution in [-0.4, -0.2) is 11.7 Å². The van der Waals surface area contributed by atoms with Crippen molar-refractivity contribution >= 4 is 5.57 Å². The van der Waals surface area contributed by atoms with Crippen molar-refractivity contribution in [3.8, 4) is 11.8 Å². The van der Waals surface area contributed by atoms with Crippen molar-refractivity contribution in [2.45, 2.75) is 0 Å². The molecule has 0 atom stereocenters. The molecule has 0 heterocycles. The van der Waals surface area contributed by atoms with Gasteiger partial charge in [0.2, 0.25) is 0 Å². The van der Waals surface area contributed by atoms with E-state index in [0.29, 0.717) is 0 Å². The first-order chi connectivity index (χ1) is 8.90. The molecule has 0 unspecified atom stereocenters. The molecule has 0 radical (unpaired) electrons. The molecule has 0 spiro atoms. The van der Waals surface area contributed by atoms with Crippen LogP contribution >= 0.6 is 0 Å². The number of benzene rings is 2. The first kappa shape index (κ1) is 12.2. The normalized spacial score (nSPS) is 10.6. The van der Waals surface area contributed by atoms with Gasteiger partial charge in [-0.05, 0) is 23.8 Å². The molecule has 0 amide bonds. The van der Waals surface area contributed by atoms with Gasteiger partial charge < -0.3 is 5.11 Å². The lowest BCUT2D eigenvalue weighted by Crippen LogP contribution is -1.84. The number of aliphatic hydroxyl groups is 1. The molecule has 0 aliphatic heterocycles. The molecule has 1 N–H and O–H groups in total. The fourth-order valence-corrected chi connectivity index (χ4v) is 1.61. The molecule has 0 saturated carbocycles. The number of aliphatic hydroxyl groups excluding tert-OH is 1. The van der Waals surface area contributed by atoms with Crippen LogP contribution in [-0.2, 0) is 0 Å². The van der Waals surface area contributed by atoms with Crippen LogP contribution in [0.15, 0.2) is 66.7 Å². The molecule has 0 aromatic heterocycles. The zero-order valence-corrected chi connectivity index (χ0v) is 10.0. The second kappa shape index (κ2) is 6.44. The predicted molar refractivity (Wildman–Crippen MR) is 74.8 cm³/mol. The van der Waals surface area contributed by atoms with Crippen LogP contribution in [0.25, 0.3) is 5.57 Å². The Kier molecular flexibility index (Phi) is 4.35. The molecule has 18 heavy (non-hydrogen) atoms. The van der Waals surface area contributed by atoms with Crippen molar-refractivity contribution in [1.82, 2.24) is 0 Å². The van der Waals surface area contributed by atoms with Gasteiger partial charge in [0.25, 0.3) is 0 Å². The minimum Gasteiger partial charge on any atom is -0.392 e. The smallest absolute Gasteiger partial charge is 0.0627 e. The van der Waals surface area contributed by atoms with Crippen LogP contribution in [0.4, 0.5) is 0 Å². The van der Waals surface area contributed by atoms with Gasteiger partial charge in [0.1, 0.15) is 0 Å². The topological polar surface area (TPSA) is 20.2 Å². The maximum Gasteiger partial charge on any atom is 0.0627 e. The Hall–Kier alpha value is -2.30. The van der Waals surface area contributed by atoms with Crippen molar-refractivity contribution in [3.05, 3.63) is 77.9 Å². The van der Waals surface area contributed by atoms with Gasteiger partial charge >= 0.3 is 0 Å². The lowest BCUT2D eigenvalue weighted by molar-refractivity contribution is 0.343. The zero-order valence-electron chi connectivity index (χ0n) is 10.0. The Bertz CT molecular complexity index is 571. The lowest BCUT2D eigenvalue weighted by Gasteiger charge is -1.99. The van der Waals surface area contributed by atoms with Crippen molar-refractivity contribution in [2.24, 2.45) is 0 Å². The van der Waals surface area contributed by atoms with E-state index in [1.54, 1.807) is 6.08 Å². The van der Waals surface area contributed by atoms with E-state index < -0.39 is 0 Å². The summed E-state index contributed by atoms with van der Waals surface area (Å²) >= 11 is 0. The van der Waals surface area contributed by atoms with E-state index in [-0.39, 0.29) is 6.61 Å². The first-order valence-electron chi connectivity index (χ1n) is 5.83. The van der Waals surface area contributed by atoms with E-state index in [0.717, 1.165) is 16.7 Å². The molecule has 0 fully saturated rings. The van der Waals surface area contributed by atoms with Crippen LogP contribution < -0.4 is 0 Å². The van der Waals surface area contributed by atoms with Gasteiger partial charge in [-0.15, -0.1) is 0 Å². The van der Waals surface area contributed by atoms with E-state index in [1.165, 1.54) is 0 Å². The van der Waals surface area contributed by atoms with Crippen molar-refractivity contribution in [3.63, 3.8) is 0 Å². The summed E-state index contributed by atoms with van der Waals surface area (Å²) in [7, 11) is 0. The van der Waals surface area contributed by atoms with E-state index in [1.807, 2.05) is 60.7 Å². The Morgan fingerprint density at radius 2 is 1.56 bits per heavy atom. The van der Waals surface area contributed by atoms with Gasteiger partial charge in [-0.1, -0.05) is 60.4 Å². The molecule has 0 bridgehead atoms. The third-order valence-electron chi connectivity index (χ3n) is 2.50. The van der Waals surface area contributed by atoms with Gasteiger partial charge in [0.05, 0.1) is 6.61 Å². The molecule has 0 aliphatic rings. The zero-order chi connectivity index (χ0) is 12.6. The molecule has 2 rings (SSSR count). The Balaban J connectivity index is 2.29. The van der Waals surface area contributed by atoms with Gasteiger partial charge in [-0.3, -0.25) is 0 Å². The lowest BCUT2D eigenvalue weighted by atomic mass is 10.1. The third kappa shape index (κ3) is 3.35. The Labute approximate surface area is 107 Å². The quantitative estimate of drug-likeness (QED) is 0.792. The second-order valence-corrected chi connectivity index (χ2v) is 3.78. The van der Waals surface area contributed by atoms with E-state index in [9.17, 15) is 0 Å². The van der Waals surface area contributed by atoms with Crippen molar-refractivity contribution < 1.29 is 5.11 Å². The number of allylic oxidation sites excluding steroid dienone is 1. The maximum atomic E-state index is 9.05. The fourth-order valence-electron chi connectivity index (χ4n) is 1.61. The van der Waals surface area contributed by atoms with E-state index in [4.69, 9.17) is 5.11 Å². The van der Waals surface area contributed by atoms with Crippen molar-refractivity contribution in [2.75, 3.05) is 6.61 Å². The summed E-state index contributed by atoms with van der Waals surface area (Å²) in [6, 6.07) is 19.7. The molecule has 1 nitrogen and oxygen atoms in total. The molecule has 88 valence electrons. The molecular weight excluding hydrogens is 220 g/mol. The molecule has 0 aliphatic carbocycles. The highest BCUT2D eigenvalue weighted by atomic mass is 16.2. The summed E-state index contributed by atoms with van der Waals surface area (Å²) < 4.78 is 0. The monoisotopic (exact) mass is 234 g/mol. The summed E-state index contributed by atoms with van der Waals surface area (Å²) in [5.41, 5.74) is 2.84. The standard InChI is InChI=1S/C17H14O/c18-14-13-17(16-9-5-2-6-10-16)12-11-15-7-3-1-4-8-15/h1-10,13,18H,14H2/b17-13+. The summed E-state index contributed by atoms with van der Waals surface area (Å²) in [5.74, 6) is 6.20. The average molecular weight is 234 g/mol. The SMILES string of the molecule is OC/C=C(\C#Cc1ccccc1)c1ccccc1. The summed E-state index contributed by atoms with van der Waals surface area (Å²) in [6.45, 7) is -0.00625. The molecule has 1 heteroatoms. The first-order valence-corrected chi connectivity index (χ1v) is 5.83. The summed E-state index contributed by atoms with van der Waals surface area (Å²) in [6.07, 6.45) is 1.73. The number of hydrogen-bond donors (Lipinski definition) is 1. The van der Waals surface area contributed by atoms with Crippen LogP contribution in [0.5, 0.6) is 0 Å². The number of hydrogen-bond acceptors (Lipinski definition) is 1. The van der Waals surface area contributed by atoms with Gasteiger partial charge in [0, 0.05) is 11.1 Å². The minimum atomic E-state index is -0.00625. The molecule has 2 aromatic rings. The number of rotatable bonds is 2. The van der Waals surface area contributed by atoms with E-state index >= 15 is 0 Å². The van der Waals surface area contributed by atoms with Crippen LogP contribution in [0, 0.1) is 11.8 Å². The van der Waals surface area contributed by atoms with Gasteiger partial charge in [-0.25, -0.2) is 0 Å².